The van der Waals surface area contributed by atoms with E-state index in [-0.39, 0.29) is 11.6 Å². The van der Waals surface area contributed by atoms with E-state index in [1.54, 1.807) is 54.4 Å². The van der Waals surface area contributed by atoms with Gasteiger partial charge in [-0.05, 0) is 44.5 Å². The average Bonchev–Trinajstić information content (AvgIpc) is 3.14. The fraction of sp³-hybridized carbons (Fsp3) is 0.300. The number of amides is 1. The van der Waals surface area contributed by atoms with Gasteiger partial charge in [0, 0.05) is 12.1 Å². The van der Waals surface area contributed by atoms with Crippen LogP contribution in [0, 0.1) is 11.3 Å². The largest absolute Gasteiger partial charge is 0.497 e. The molecule has 0 bridgehead atoms. The maximum atomic E-state index is 12.3. The molecule has 1 heterocycles. The van der Waals surface area contributed by atoms with Crippen LogP contribution in [-0.4, -0.2) is 34.9 Å². The number of anilines is 1. The first-order valence-electron chi connectivity index (χ1n) is 8.67. The van der Waals surface area contributed by atoms with Gasteiger partial charge in [-0.2, -0.15) is 10.4 Å². The minimum atomic E-state index is -1.09. The van der Waals surface area contributed by atoms with Crippen LogP contribution in [0.3, 0.4) is 0 Å². The molecule has 0 aliphatic heterocycles. The lowest BCUT2D eigenvalue weighted by Gasteiger charge is -2.15. The SMILES string of the molecule is COc1ccc(/C=C(\C#N)C(=O)O[C@@H](C)C(=O)Nc2ccnn2C(C)C)cc1. The Morgan fingerprint density at radius 2 is 1.89 bits per heavy atom. The second kappa shape index (κ2) is 9.37. The van der Waals surface area contributed by atoms with Crippen molar-refractivity contribution in [3.8, 4) is 11.8 Å². The Balaban J connectivity index is 2.04. The van der Waals surface area contributed by atoms with Crippen molar-refractivity contribution >= 4 is 23.8 Å². The molecule has 0 saturated carbocycles. The van der Waals surface area contributed by atoms with Gasteiger partial charge in [0.15, 0.2) is 6.10 Å². The van der Waals surface area contributed by atoms with Crippen LogP contribution in [0.15, 0.2) is 42.1 Å². The minimum absolute atomic E-state index is 0.0563. The Kier molecular flexibility index (Phi) is 6.93. The van der Waals surface area contributed by atoms with E-state index in [0.717, 1.165) is 0 Å². The molecule has 8 nitrogen and oxygen atoms in total. The predicted molar refractivity (Wildman–Crippen MR) is 103 cm³/mol. The van der Waals surface area contributed by atoms with Crippen LogP contribution >= 0.6 is 0 Å². The molecule has 28 heavy (non-hydrogen) atoms. The van der Waals surface area contributed by atoms with Crippen LogP contribution < -0.4 is 10.1 Å². The summed E-state index contributed by atoms with van der Waals surface area (Å²) in [5, 5.41) is 16.0. The quantitative estimate of drug-likeness (QED) is 0.448. The summed E-state index contributed by atoms with van der Waals surface area (Å²) in [6, 6.07) is 10.3. The fourth-order valence-electron chi connectivity index (χ4n) is 2.33. The van der Waals surface area contributed by atoms with Crippen molar-refractivity contribution in [3.05, 3.63) is 47.7 Å². The highest BCUT2D eigenvalue weighted by Crippen LogP contribution is 2.16. The monoisotopic (exact) mass is 382 g/mol. The lowest BCUT2D eigenvalue weighted by Crippen LogP contribution is -2.31. The molecule has 0 unspecified atom stereocenters. The molecule has 8 heteroatoms. The highest BCUT2D eigenvalue weighted by atomic mass is 16.5. The summed E-state index contributed by atoms with van der Waals surface area (Å²) >= 11 is 0. The van der Waals surface area contributed by atoms with Gasteiger partial charge < -0.3 is 14.8 Å². The van der Waals surface area contributed by atoms with Gasteiger partial charge >= 0.3 is 5.97 Å². The van der Waals surface area contributed by atoms with Crippen LogP contribution in [0.2, 0.25) is 0 Å². The van der Waals surface area contributed by atoms with Gasteiger partial charge in [0.1, 0.15) is 23.2 Å². The third kappa shape index (κ3) is 5.20. The maximum Gasteiger partial charge on any atom is 0.349 e. The standard InChI is InChI=1S/C20H22N4O4/c1-13(2)24-18(9-10-22-24)23-19(25)14(3)28-20(26)16(12-21)11-15-5-7-17(27-4)8-6-15/h5-11,13-14H,1-4H3,(H,23,25)/b16-11+/t14-/m0/s1. The summed E-state index contributed by atoms with van der Waals surface area (Å²) in [4.78, 5) is 24.6. The number of nitriles is 1. The molecule has 0 radical (unpaired) electrons. The molecule has 1 aromatic carbocycles. The van der Waals surface area contributed by atoms with Gasteiger partial charge in [0.2, 0.25) is 0 Å². The number of nitrogens with zero attached hydrogens (tertiary/aromatic N) is 3. The lowest BCUT2D eigenvalue weighted by atomic mass is 10.1. The lowest BCUT2D eigenvalue weighted by molar-refractivity contribution is -0.148. The average molecular weight is 382 g/mol. The molecule has 0 fully saturated rings. The second-order valence-electron chi connectivity index (χ2n) is 6.23. The molecular formula is C20H22N4O4. The summed E-state index contributed by atoms with van der Waals surface area (Å²) in [5.74, 6) is -0.239. The molecule has 1 aromatic heterocycles. The van der Waals surface area contributed by atoms with E-state index in [9.17, 15) is 14.9 Å². The number of aromatic nitrogens is 2. The number of hydrogen-bond donors (Lipinski definition) is 1. The number of rotatable bonds is 7. The molecule has 1 amide bonds. The predicted octanol–water partition coefficient (Wildman–Crippen LogP) is 2.95. The van der Waals surface area contributed by atoms with E-state index in [4.69, 9.17) is 9.47 Å². The summed E-state index contributed by atoms with van der Waals surface area (Å²) in [6.07, 6.45) is 1.87. The number of benzene rings is 1. The minimum Gasteiger partial charge on any atom is -0.497 e. The van der Waals surface area contributed by atoms with E-state index in [0.29, 0.717) is 17.1 Å². The van der Waals surface area contributed by atoms with Crippen molar-refractivity contribution < 1.29 is 19.1 Å². The molecular weight excluding hydrogens is 360 g/mol. The third-order valence-corrected chi connectivity index (χ3v) is 3.83. The Labute approximate surface area is 163 Å². The van der Waals surface area contributed by atoms with Gasteiger partial charge in [0.05, 0.1) is 13.3 Å². The smallest absolute Gasteiger partial charge is 0.349 e. The molecule has 1 atom stereocenters. The molecule has 0 saturated heterocycles. The van der Waals surface area contributed by atoms with E-state index in [1.165, 1.54) is 13.0 Å². The summed E-state index contributed by atoms with van der Waals surface area (Å²) in [7, 11) is 1.55. The zero-order valence-electron chi connectivity index (χ0n) is 16.2. The van der Waals surface area contributed by atoms with Crippen LogP contribution in [0.1, 0.15) is 32.4 Å². The van der Waals surface area contributed by atoms with Crippen molar-refractivity contribution in [3.63, 3.8) is 0 Å². The van der Waals surface area contributed by atoms with Gasteiger partial charge in [-0.25, -0.2) is 9.48 Å². The zero-order valence-corrected chi connectivity index (χ0v) is 16.2. The highest BCUT2D eigenvalue weighted by Gasteiger charge is 2.22. The topological polar surface area (TPSA) is 106 Å². The number of nitrogens with one attached hydrogen (secondary N) is 1. The Morgan fingerprint density at radius 3 is 2.46 bits per heavy atom. The number of hydrogen-bond acceptors (Lipinski definition) is 6. The first-order valence-corrected chi connectivity index (χ1v) is 8.67. The Morgan fingerprint density at radius 1 is 1.21 bits per heavy atom. The molecule has 1 N–H and O–H groups in total. The molecule has 0 aliphatic carbocycles. The second-order valence-corrected chi connectivity index (χ2v) is 6.23. The number of esters is 1. The van der Waals surface area contributed by atoms with E-state index < -0.39 is 18.0 Å². The highest BCUT2D eigenvalue weighted by molar-refractivity contribution is 6.00. The first kappa shape index (κ1) is 20.7. The zero-order chi connectivity index (χ0) is 20.7. The van der Waals surface area contributed by atoms with E-state index in [1.807, 2.05) is 13.8 Å². The normalized spacial score (nSPS) is 12.2. The van der Waals surface area contributed by atoms with Crippen LogP contribution in [0.25, 0.3) is 6.08 Å². The van der Waals surface area contributed by atoms with Crippen LogP contribution in [0.5, 0.6) is 5.75 Å². The molecule has 2 rings (SSSR count). The maximum absolute atomic E-state index is 12.3. The van der Waals surface area contributed by atoms with Gasteiger partial charge in [-0.1, -0.05) is 12.1 Å². The summed E-state index contributed by atoms with van der Waals surface area (Å²) in [5.41, 5.74) is 0.421. The Hall–Kier alpha value is -3.60. The van der Waals surface area contributed by atoms with E-state index >= 15 is 0 Å². The number of ether oxygens (including phenoxy) is 2. The van der Waals surface area contributed by atoms with Crippen molar-refractivity contribution in [2.75, 3.05) is 12.4 Å². The van der Waals surface area contributed by atoms with Crippen molar-refractivity contribution in [2.45, 2.75) is 32.9 Å². The van der Waals surface area contributed by atoms with Gasteiger partial charge in [-0.3, -0.25) is 4.79 Å². The summed E-state index contributed by atoms with van der Waals surface area (Å²) in [6.45, 7) is 5.29. The van der Waals surface area contributed by atoms with Gasteiger partial charge in [-0.15, -0.1) is 0 Å². The summed E-state index contributed by atoms with van der Waals surface area (Å²) < 4.78 is 11.8. The Bertz CT molecular complexity index is 907. The van der Waals surface area contributed by atoms with Crippen molar-refractivity contribution in [1.29, 1.82) is 5.26 Å². The number of carbonyl (C=O) groups is 2. The molecule has 0 spiro atoms. The molecule has 0 aliphatic rings. The number of methoxy groups -OCH3 is 1. The van der Waals surface area contributed by atoms with Gasteiger partial charge in [0.25, 0.3) is 5.91 Å². The molecule has 146 valence electrons. The first-order chi connectivity index (χ1) is 13.3. The van der Waals surface area contributed by atoms with E-state index in [2.05, 4.69) is 10.4 Å². The molecule has 2 aromatic rings. The van der Waals surface area contributed by atoms with Crippen molar-refractivity contribution in [2.24, 2.45) is 0 Å². The fourth-order valence-corrected chi connectivity index (χ4v) is 2.33. The van der Waals surface area contributed by atoms with Crippen LogP contribution in [-0.2, 0) is 14.3 Å². The number of carbonyl (C=O) groups excluding carboxylic acids is 2. The van der Waals surface area contributed by atoms with Crippen LogP contribution in [0.4, 0.5) is 5.82 Å². The third-order valence-electron chi connectivity index (χ3n) is 3.83. The van der Waals surface area contributed by atoms with Crippen molar-refractivity contribution in [1.82, 2.24) is 9.78 Å².